The van der Waals surface area contributed by atoms with Crippen molar-refractivity contribution < 1.29 is 4.79 Å². The van der Waals surface area contributed by atoms with Crippen LogP contribution in [0, 0.1) is 0 Å². The fraction of sp³-hybridized carbons (Fsp3) is 0.417. The molecule has 0 radical (unpaired) electrons. The number of carbonyl (C=O) groups is 1. The van der Waals surface area contributed by atoms with Gasteiger partial charge in [-0.1, -0.05) is 27.5 Å². The molecule has 0 bridgehead atoms. The van der Waals surface area contributed by atoms with Gasteiger partial charge in [0.05, 0.1) is 10.7 Å². The molecule has 5 heteroatoms. The summed E-state index contributed by atoms with van der Waals surface area (Å²) in [6, 6.07) is 5.78. The van der Waals surface area contributed by atoms with Crippen molar-refractivity contribution in [1.29, 1.82) is 0 Å². The van der Waals surface area contributed by atoms with Crippen LogP contribution in [-0.4, -0.2) is 18.5 Å². The van der Waals surface area contributed by atoms with Gasteiger partial charge in [0.1, 0.15) is 0 Å². The molecule has 0 fully saturated rings. The summed E-state index contributed by atoms with van der Waals surface area (Å²) >= 11 is 9.37. The fourth-order valence-corrected chi connectivity index (χ4v) is 2.08. The molecule has 1 aromatic carbocycles. The van der Waals surface area contributed by atoms with Crippen LogP contribution in [0.5, 0.6) is 0 Å². The Morgan fingerprint density at radius 1 is 1.47 bits per heavy atom. The average molecular weight is 320 g/mol. The molecule has 17 heavy (non-hydrogen) atoms. The van der Waals surface area contributed by atoms with Gasteiger partial charge < -0.3 is 10.6 Å². The van der Waals surface area contributed by atoms with Crippen molar-refractivity contribution in [2.45, 2.75) is 26.3 Å². The first-order valence-electron chi connectivity index (χ1n) is 5.47. The molecule has 0 atom stereocenters. The molecule has 0 aliphatic rings. The van der Waals surface area contributed by atoms with E-state index in [1.165, 1.54) is 0 Å². The highest BCUT2D eigenvalue weighted by atomic mass is 79.9. The summed E-state index contributed by atoms with van der Waals surface area (Å²) in [5, 5.41) is 6.61. The Hall–Kier alpha value is -0.740. The zero-order chi connectivity index (χ0) is 12.8. The predicted octanol–water partition coefficient (Wildman–Crippen LogP) is 3.43. The van der Waals surface area contributed by atoms with E-state index < -0.39 is 0 Å². The molecule has 0 saturated carbocycles. The lowest BCUT2D eigenvalue weighted by atomic mass is 10.3. The third kappa shape index (κ3) is 5.41. The maximum Gasteiger partial charge on any atom is 0.221 e. The van der Waals surface area contributed by atoms with E-state index in [0.717, 1.165) is 10.2 Å². The number of carbonyl (C=O) groups excluding carboxylic acids is 1. The minimum absolute atomic E-state index is 0.0423. The Labute approximate surface area is 115 Å². The number of nitrogens with one attached hydrogen (secondary N) is 2. The maximum absolute atomic E-state index is 11.4. The first kappa shape index (κ1) is 14.3. The van der Waals surface area contributed by atoms with Crippen molar-refractivity contribution >= 4 is 39.1 Å². The van der Waals surface area contributed by atoms with Crippen LogP contribution in [0.15, 0.2) is 22.7 Å². The lowest BCUT2D eigenvalue weighted by Gasteiger charge is -2.10. The first-order chi connectivity index (χ1) is 7.99. The summed E-state index contributed by atoms with van der Waals surface area (Å²) in [7, 11) is 0. The number of amides is 1. The second-order valence-electron chi connectivity index (χ2n) is 4.02. The lowest BCUT2D eigenvalue weighted by Crippen LogP contribution is -2.31. The molecule has 0 heterocycles. The topological polar surface area (TPSA) is 41.1 Å². The largest absolute Gasteiger partial charge is 0.383 e. The molecule has 94 valence electrons. The summed E-state index contributed by atoms with van der Waals surface area (Å²) in [5.41, 5.74) is 0.840. The second kappa shape index (κ2) is 6.87. The van der Waals surface area contributed by atoms with Gasteiger partial charge in [0, 0.05) is 23.5 Å². The third-order valence-corrected chi connectivity index (χ3v) is 2.85. The SMILES string of the molecule is CC(C)NC(=O)CCNc1ccc(Br)cc1Cl. The highest BCUT2D eigenvalue weighted by Gasteiger charge is 2.04. The van der Waals surface area contributed by atoms with Crippen molar-refractivity contribution in [1.82, 2.24) is 5.32 Å². The van der Waals surface area contributed by atoms with E-state index in [2.05, 4.69) is 26.6 Å². The van der Waals surface area contributed by atoms with Crippen molar-refractivity contribution in [3.63, 3.8) is 0 Å². The van der Waals surface area contributed by atoms with Crippen LogP contribution < -0.4 is 10.6 Å². The van der Waals surface area contributed by atoms with Crippen LogP contribution in [0.4, 0.5) is 5.69 Å². The molecular weight excluding hydrogens is 304 g/mol. The van der Waals surface area contributed by atoms with Crippen LogP contribution in [0.1, 0.15) is 20.3 Å². The predicted molar refractivity (Wildman–Crippen MR) is 75.5 cm³/mol. The first-order valence-corrected chi connectivity index (χ1v) is 6.64. The zero-order valence-corrected chi connectivity index (χ0v) is 12.2. The van der Waals surface area contributed by atoms with Gasteiger partial charge in [-0.2, -0.15) is 0 Å². The molecule has 2 N–H and O–H groups in total. The molecule has 0 aliphatic heterocycles. The molecule has 3 nitrogen and oxygen atoms in total. The molecule has 0 aromatic heterocycles. The fourth-order valence-electron chi connectivity index (χ4n) is 1.34. The van der Waals surface area contributed by atoms with Crippen molar-refractivity contribution in [2.24, 2.45) is 0 Å². The Morgan fingerprint density at radius 3 is 2.76 bits per heavy atom. The molecule has 0 unspecified atom stereocenters. The van der Waals surface area contributed by atoms with E-state index in [-0.39, 0.29) is 11.9 Å². The van der Waals surface area contributed by atoms with E-state index in [1.54, 1.807) is 0 Å². The van der Waals surface area contributed by atoms with Crippen LogP contribution in [-0.2, 0) is 4.79 Å². The maximum atomic E-state index is 11.4. The summed E-state index contributed by atoms with van der Waals surface area (Å²) in [6.45, 7) is 4.45. The Morgan fingerprint density at radius 2 is 2.18 bits per heavy atom. The standard InChI is InChI=1S/C12H16BrClN2O/c1-8(2)16-12(17)5-6-15-11-4-3-9(13)7-10(11)14/h3-4,7-8,15H,5-6H2,1-2H3,(H,16,17). The van der Waals surface area contributed by atoms with Gasteiger partial charge in [0.2, 0.25) is 5.91 Å². The number of hydrogen-bond donors (Lipinski definition) is 2. The van der Waals surface area contributed by atoms with Crippen molar-refractivity contribution in [3.05, 3.63) is 27.7 Å². The minimum Gasteiger partial charge on any atom is -0.383 e. The molecule has 1 rings (SSSR count). The van der Waals surface area contributed by atoms with Gasteiger partial charge in [-0.3, -0.25) is 4.79 Å². The minimum atomic E-state index is 0.0423. The van der Waals surface area contributed by atoms with Crippen molar-refractivity contribution in [2.75, 3.05) is 11.9 Å². The zero-order valence-electron chi connectivity index (χ0n) is 9.89. The van der Waals surface area contributed by atoms with Gasteiger partial charge in [-0.15, -0.1) is 0 Å². The number of halogens is 2. The van der Waals surface area contributed by atoms with Gasteiger partial charge in [-0.05, 0) is 32.0 Å². The van der Waals surface area contributed by atoms with E-state index in [1.807, 2.05) is 32.0 Å². The molecule has 0 aliphatic carbocycles. The average Bonchev–Trinajstić information content (AvgIpc) is 2.20. The second-order valence-corrected chi connectivity index (χ2v) is 5.35. The van der Waals surface area contributed by atoms with E-state index in [0.29, 0.717) is 18.0 Å². The third-order valence-electron chi connectivity index (χ3n) is 2.05. The molecule has 1 aromatic rings. The lowest BCUT2D eigenvalue weighted by molar-refractivity contribution is -0.121. The molecular formula is C12H16BrClN2O. The Balaban J connectivity index is 2.38. The quantitative estimate of drug-likeness (QED) is 0.873. The van der Waals surface area contributed by atoms with Gasteiger partial charge in [0.15, 0.2) is 0 Å². The summed E-state index contributed by atoms with van der Waals surface area (Å²) in [4.78, 5) is 11.4. The number of rotatable bonds is 5. The Bertz CT molecular complexity index is 396. The van der Waals surface area contributed by atoms with Crippen molar-refractivity contribution in [3.8, 4) is 0 Å². The highest BCUT2D eigenvalue weighted by Crippen LogP contribution is 2.25. The number of anilines is 1. The summed E-state index contributed by atoms with van der Waals surface area (Å²) in [5.74, 6) is 0.0423. The van der Waals surface area contributed by atoms with Crippen LogP contribution in [0.2, 0.25) is 5.02 Å². The normalized spacial score (nSPS) is 10.4. The Kier molecular flexibility index (Phi) is 5.78. The van der Waals surface area contributed by atoms with E-state index >= 15 is 0 Å². The van der Waals surface area contributed by atoms with E-state index in [4.69, 9.17) is 11.6 Å². The van der Waals surface area contributed by atoms with Gasteiger partial charge in [-0.25, -0.2) is 0 Å². The molecule has 0 saturated heterocycles. The number of hydrogen-bond acceptors (Lipinski definition) is 2. The smallest absolute Gasteiger partial charge is 0.221 e. The summed E-state index contributed by atoms with van der Waals surface area (Å²) < 4.78 is 0.936. The summed E-state index contributed by atoms with van der Waals surface area (Å²) in [6.07, 6.45) is 0.435. The molecule has 1 amide bonds. The number of benzene rings is 1. The van der Waals surface area contributed by atoms with Crippen LogP contribution >= 0.6 is 27.5 Å². The van der Waals surface area contributed by atoms with Crippen LogP contribution in [0.25, 0.3) is 0 Å². The van der Waals surface area contributed by atoms with Gasteiger partial charge >= 0.3 is 0 Å². The monoisotopic (exact) mass is 318 g/mol. The van der Waals surface area contributed by atoms with Crippen LogP contribution in [0.3, 0.4) is 0 Å². The highest BCUT2D eigenvalue weighted by molar-refractivity contribution is 9.10. The van der Waals surface area contributed by atoms with E-state index in [9.17, 15) is 4.79 Å². The van der Waals surface area contributed by atoms with Gasteiger partial charge in [0.25, 0.3) is 0 Å². The molecule has 0 spiro atoms.